The van der Waals surface area contributed by atoms with Gasteiger partial charge in [0.05, 0.1) is 33.3 Å². The molecule has 0 N–H and O–H groups in total. The van der Waals surface area contributed by atoms with Crippen LogP contribution in [0.2, 0.25) is 10.0 Å². The summed E-state index contributed by atoms with van der Waals surface area (Å²) in [4.78, 5) is 50.5. The Kier molecular flexibility index (Phi) is 6.23. The molecule has 2 aromatic carbocycles. The number of rotatable bonds is 5. The molecule has 1 aliphatic carbocycles. The summed E-state index contributed by atoms with van der Waals surface area (Å²) in [6.45, 7) is 1.74. The van der Waals surface area contributed by atoms with Crippen LogP contribution >= 0.6 is 23.2 Å². The molecule has 0 radical (unpaired) electrons. The van der Waals surface area contributed by atoms with Crippen molar-refractivity contribution in [3.8, 4) is 0 Å². The summed E-state index contributed by atoms with van der Waals surface area (Å²) in [7, 11) is 0. The number of carbonyl (C=O) groups is 3. The maximum Gasteiger partial charge on any atom is 0.273 e. The van der Waals surface area contributed by atoms with E-state index in [2.05, 4.69) is 0 Å². The van der Waals surface area contributed by atoms with Gasteiger partial charge in [0.2, 0.25) is 0 Å². The van der Waals surface area contributed by atoms with Crippen molar-refractivity contribution in [3.63, 3.8) is 0 Å². The van der Waals surface area contributed by atoms with Crippen LogP contribution in [0.25, 0.3) is 0 Å². The van der Waals surface area contributed by atoms with Gasteiger partial charge in [-0.15, -0.1) is 0 Å². The van der Waals surface area contributed by atoms with Crippen LogP contribution < -0.4 is 0 Å². The number of nitrogens with zero attached hydrogens (tertiary/aromatic N) is 3. The van der Waals surface area contributed by atoms with E-state index >= 15 is 0 Å². The van der Waals surface area contributed by atoms with Crippen LogP contribution in [0.4, 0.5) is 5.69 Å². The van der Waals surface area contributed by atoms with Crippen molar-refractivity contribution in [2.75, 3.05) is 0 Å². The van der Waals surface area contributed by atoms with Gasteiger partial charge in [-0.25, -0.2) is 5.01 Å². The van der Waals surface area contributed by atoms with Gasteiger partial charge in [-0.3, -0.25) is 24.5 Å². The van der Waals surface area contributed by atoms with E-state index in [1.54, 1.807) is 18.2 Å². The van der Waals surface area contributed by atoms with Crippen molar-refractivity contribution in [1.82, 2.24) is 10.0 Å². The van der Waals surface area contributed by atoms with Crippen LogP contribution in [0.15, 0.2) is 54.6 Å². The number of allylic oxidation sites excluding steroid dienone is 2. The van der Waals surface area contributed by atoms with Gasteiger partial charge < -0.3 is 0 Å². The highest BCUT2D eigenvalue weighted by Gasteiger charge is 2.53. The Morgan fingerprint density at radius 2 is 1.82 bits per heavy atom. The van der Waals surface area contributed by atoms with Crippen molar-refractivity contribution < 1.29 is 19.3 Å². The van der Waals surface area contributed by atoms with Crippen molar-refractivity contribution in [2.45, 2.75) is 19.9 Å². The van der Waals surface area contributed by atoms with E-state index in [1.807, 2.05) is 19.1 Å². The largest absolute Gasteiger partial charge is 0.273 e. The van der Waals surface area contributed by atoms with Gasteiger partial charge in [-0.05, 0) is 42.2 Å². The summed E-state index contributed by atoms with van der Waals surface area (Å²) in [5, 5.41) is 13.6. The van der Waals surface area contributed by atoms with Crippen LogP contribution in [0, 0.1) is 27.9 Å². The van der Waals surface area contributed by atoms with E-state index in [4.69, 9.17) is 23.2 Å². The lowest BCUT2D eigenvalue weighted by Crippen LogP contribution is -2.50. The molecule has 1 fully saturated rings. The fourth-order valence-corrected chi connectivity index (χ4v) is 4.61. The Bertz CT molecular complexity index is 1180. The first-order valence-corrected chi connectivity index (χ1v) is 11.0. The highest BCUT2D eigenvalue weighted by Crippen LogP contribution is 2.39. The first-order valence-electron chi connectivity index (χ1n) is 10.2. The number of non-ortho nitro benzene ring substituents is 1. The van der Waals surface area contributed by atoms with Crippen LogP contribution in [0.1, 0.15) is 29.3 Å². The minimum absolute atomic E-state index is 0.0994. The number of halogens is 2. The highest BCUT2D eigenvalue weighted by atomic mass is 35.5. The summed E-state index contributed by atoms with van der Waals surface area (Å²) in [6, 6.07) is 9.76. The predicted octanol–water partition coefficient (Wildman–Crippen LogP) is 4.66. The SMILES string of the molecule is C[C@@H]1C=CC[C@H]2C(=O)N(N(Cc3ccc(Cl)c(Cl)c3)C(=O)c3ccc([N+](=O)[O-])cc3)C(=O)[C@@H]12. The second-order valence-electron chi connectivity index (χ2n) is 8.06. The van der Waals surface area contributed by atoms with Gasteiger partial charge in [0.25, 0.3) is 23.4 Å². The van der Waals surface area contributed by atoms with Gasteiger partial charge in [-0.1, -0.05) is 48.3 Å². The van der Waals surface area contributed by atoms with Crippen molar-refractivity contribution >= 4 is 46.6 Å². The van der Waals surface area contributed by atoms with Crippen LogP contribution in [-0.2, 0) is 16.1 Å². The topological polar surface area (TPSA) is 101 Å². The molecule has 0 bridgehead atoms. The second kappa shape index (κ2) is 8.96. The van der Waals surface area contributed by atoms with Gasteiger partial charge in [-0.2, -0.15) is 5.01 Å². The molecule has 2 aliphatic rings. The molecule has 0 saturated carbocycles. The molecule has 4 rings (SSSR count). The molecule has 1 aliphatic heterocycles. The first-order chi connectivity index (χ1) is 15.7. The Labute approximate surface area is 199 Å². The number of amides is 3. The van der Waals surface area contributed by atoms with Crippen molar-refractivity contribution in [3.05, 3.63) is 85.9 Å². The minimum atomic E-state index is -0.642. The fraction of sp³-hybridized carbons (Fsp3) is 0.261. The maximum absolute atomic E-state index is 13.5. The maximum atomic E-state index is 13.5. The number of benzene rings is 2. The molecule has 0 unspecified atom stereocenters. The molecule has 8 nitrogen and oxygen atoms in total. The van der Waals surface area contributed by atoms with E-state index in [9.17, 15) is 24.5 Å². The van der Waals surface area contributed by atoms with Gasteiger partial charge in [0, 0.05) is 17.7 Å². The Morgan fingerprint density at radius 3 is 2.42 bits per heavy atom. The smallest absolute Gasteiger partial charge is 0.272 e. The molecule has 3 atom stereocenters. The molecule has 10 heteroatoms. The minimum Gasteiger partial charge on any atom is -0.272 e. The highest BCUT2D eigenvalue weighted by molar-refractivity contribution is 6.42. The lowest BCUT2D eigenvalue weighted by atomic mass is 9.78. The molecule has 3 amide bonds. The van der Waals surface area contributed by atoms with Gasteiger partial charge in [0.1, 0.15) is 0 Å². The van der Waals surface area contributed by atoms with Crippen molar-refractivity contribution in [1.29, 1.82) is 0 Å². The molecule has 2 aromatic rings. The Morgan fingerprint density at radius 1 is 1.12 bits per heavy atom. The average molecular weight is 488 g/mol. The molecule has 0 aromatic heterocycles. The third-order valence-electron chi connectivity index (χ3n) is 5.97. The van der Waals surface area contributed by atoms with E-state index in [-0.39, 0.29) is 28.7 Å². The van der Waals surface area contributed by atoms with Gasteiger partial charge >= 0.3 is 0 Å². The van der Waals surface area contributed by atoms with E-state index in [0.29, 0.717) is 17.0 Å². The summed E-state index contributed by atoms with van der Waals surface area (Å²) in [5.74, 6) is -2.78. The van der Waals surface area contributed by atoms with E-state index in [1.165, 1.54) is 24.3 Å². The number of hydrazine groups is 1. The lowest BCUT2D eigenvalue weighted by Gasteiger charge is -2.31. The molecular weight excluding hydrogens is 469 g/mol. The zero-order valence-electron chi connectivity index (χ0n) is 17.5. The van der Waals surface area contributed by atoms with Crippen LogP contribution in [0.5, 0.6) is 0 Å². The van der Waals surface area contributed by atoms with Crippen LogP contribution in [0.3, 0.4) is 0 Å². The zero-order valence-corrected chi connectivity index (χ0v) is 19.0. The first kappa shape index (κ1) is 22.9. The number of carbonyl (C=O) groups excluding carboxylic acids is 3. The normalized spacial score (nSPS) is 21.8. The molecular formula is C23H19Cl2N3O5. The predicted molar refractivity (Wildman–Crippen MR) is 121 cm³/mol. The van der Waals surface area contributed by atoms with E-state index < -0.39 is 34.5 Å². The number of nitro benzene ring substituents is 1. The Hall–Kier alpha value is -3.23. The third-order valence-corrected chi connectivity index (χ3v) is 6.71. The molecule has 33 heavy (non-hydrogen) atoms. The standard InChI is InChI=1S/C23H19Cl2N3O5/c1-13-3-2-4-17-20(13)23(31)27(22(17)30)26(12-14-5-10-18(24)19(25)11-14)21(29)15-6-8-16(9-7-15)28(32)33/h2-3,5-11,13,17,20H,4,12H2,1H3/t13-,17-,20+/m1/s1. The summed E-state index contributed by atoms with van der Waals surface area (Å²) >= 11 is 12.1. The quantitative estimate of drug-likeness (QED) is 0.264. The molecule has 170 valence electrons. The molecule has 1 heterocycles. The average Bonchev–Trinajstić information content (AvgIpc) is 3.05. The number of fused-ring (bicyclic) bond motifs is 1. The third kappa shape index (κ3) is 4.24. The monoisotopic (exact) mass is 487 g/mol. The number of hydrogen-bond donors (Lipinski definition) is 0. The summed E-state index contributed by atoms with van der Waals surface area (Å²) in [5.41, 5.74) is 0.477. The van der Waals surface area contributed by atoms with Gasteiger partial charge in [0.15, 0.2) is 0 Å². The van der Waals surface area contributed by atoms with E-state index in [0.717, 1.165) is 10.0 Å². The number of imide groups is 1. The number of hydrogen-bond acceptors (Lipinski definition) is 5. The summed E-state index contributed by atoms with van der Waals surface area (Å²) < 4.78 is 0. The zero-order chi connectivity index (χ0) is 23.9. The molecule has 0 spiro atoms. The number of nitro groups is 1. The summed E-state index contributed by atoms with van der Waals surface area (Å²) in [6.07, 6.45) is 4.20. The second-order valence-corrected chi connectivity index (χ2v) is 8.87. The van der Waals surface area contributed by atoms with Crippen molar-refractivity contribution in [2.24, 2.45) is 17.8 Å². The van der Waals surface area contributed by atoms with Crippen LogP contribution in [-0.4, -0.2) is 32.7 Å². The lowest BCUT2D eigenvalue weighted by molar-refractivity contribution is -0.384. The fourth-order valence-electron chi connectivity index (χ4n) is 4.29. The molecule has 1 saturated heterocycles. The Balaban J connectivity index is 1.73.